The van der Waals surface area contributed by atoms with Gasteiger partial charge >= 0.3 is 0 Å². The van der Waals surface area contributed by atoms with Gasteiger partial charge in [-0.05, 0) is 26.0 Å². The molecule has 0 bridgehead atoms. The molecule has 0 aliphatic rings. The summed E-state index contributed by atoms with van der Waals surface area (Å²) < 4.78 is 0. The maximum absolute atomic E-state index is 11.7. The number of nitrogens with one attached hydrogen (secondary N) is 2. The third kappa shape index (κ3) is 5.51. The second-order valence-electron chi connectivity index (χ2n) is 4.05. The largest absolute Gasteiger partial charge is 0.351 e. The molecule has 1 aromatic carbocycles. The molecule has 0 atom stereocenters. The summed E-state index contributed by atoms with van der Waals surface area (Å²) in [7, 11) is 0. The molecule has 0 aliphatic carbocycles. The third-order valence-corrected chi connectivity index (χ3v) is 2.50. The molecule has 18 heavy (non-hydrogen) atoms. The predicted molar refractivity (Wildman–Crippen MR) is 74.4 cm³/mol. The van der Waals surface area contributed by atoms with Gasteiger partial charge < -0.3 is 10.6 Å². The number of carbonyl (C=O) groups excluding carboxylic acids is 1. The minimum absolute atomic E-state index is 0.0230. The van der Waals surface area contributed by atoms with Crippen LogP contribution in [0.4, 0.5) is 0 Å². The molecule has 3 heteroatoms. The zero-order chi connectivity index (χ0) is 13.2. The Bertz CT molecular complexity index is 426. The fourth-order valence-electron chi connectivity index (χ4n) is 1.47. The lowest BCUT2D eigenvalue weighted by Crippen LogP contribution is -2.32. The molecule has 1 amide bonds. The van der Waals surface area contributed by atoms with Crippen LogP contribution in [0.5, 0.6) is 0 Å². The molecule has 1 aromatic rings. The highest BCUT2D eigenvalue weighted by Gasteiger charge is 2.02. The monoisotopic (exact) mass is 244 g/mol. The van der Waals surface area contributed by atoms with Crippen LogP contribution in [0.25, 0.3) is 0 Å². The van der Waals surface area contributed by atoms with Crippen LogP contribution in [-0.2, 0) is 0 Å². The summed E-state index contributed by atoms with van der Waals surface area (Å²) in [6, 6.07) is 7.57. The number of carbonyl (C=O) groups is 1. The Morgan fingerprint density at radius 3 is 2.56 bits per heavy atom. The summed E-state index contributed by atoms with van der Waals surface area (Å²) in [4.78, 5) is 11.7. The highest BCUT2D eigenvalue weighted by atomic mass is 16.1. The Morgan fingerprint density at radius 1 is 1.17 bits per heavy atom. The van der Waals surface area contributed by atoms with Crippen molar-refractivity contribution < 1.29 is 4.79 Å². The molecule has 0 unspecified atom stereocenters. The molecule has 0 aromatic heterocycles. The van der Waals surface area contributed by atoms with Gasteiger partial charge in [-0.3, -0.25) is 4.79 Å². The first kappa shape index (κ1) is 14.3. The highest BCUT2D eigenvalue weighted by molar-refractivity contribution is 5.94. The van der Waals surface area contributed by atoms with Crippen LogP contribution in [0.1, 0.15) is 29.3 Å². The average Bonchev–Trinajstić information content (AvgIpc) is 2.38. The molecule has 0 aliphatic heterocycles. The second kappa shape index (κ2) is 8.32. The molecule has 0 heterocycles. The van der Waals surface area contributed by atoms with Gasteiger partial charge in [-0.1, -0.05) is 17.7 Å². The van der Waals surface area contributed by atoms with Crippen LogP contribution in [0.3, 0.4) is 0 Å². The van der Waals surface area contributed by atoms with Gasteiger partial charge in [0.05, 0.1) is 0 Å². The predicted octanol–water partition coefficient (Wildman–Crippen LogP) is 1.73. The molecule has 1 rings (SSSR count). The maximum atomic E-state index is 11.7. The summed E-state index contributed by atoms with van der Waals surface area (Å²) in [5.74, 6) is 5.80. The normalized spacial score (nSPS) is 9.44. The van der Waals surface area contributed by atoms with E-state index in [0.29, 0.717) is 12.1 Å². The molecule has 0 spiro atoms. The summed E-state index contributed by atoms with van der Waals surface area (Å²) in [5.41, 5.74) is 1.86. The van der Waals surface area contributed by atoms with Crippen molar-refractivity contribution in [2.24, 2.45) is 0 Å². The van der Waals surface area contributed by atoms with Crippen molar-refractivity contribution in [1.29, 1.82) is 0 Å². The van der Waals surface area contributed by atoms with Crippen molar-refractivity contribution in [3.8, 4) is 11.8 Å². The van der Waals surface area contributed by atoms with E-state index in [-0.39, 0.29) is 5.91 Å². The molecule has 0 saturated heterocycles. The molecule has 3 nitrogen and oxygen atoms in total. The van der Waals surface area contributed by atoms with Crippen molar-refractivity contribution in [3.63, 3.8) is 0 Å². The first-order valence-electron chi connectivity index (χ1n) is 6.19. The fourth-order valence-corrected chi connectivity index (χ4v) is 1.47. The smallest absolute Gasteiger partial charge is 0.251 e. The van der Waals surface area contributed by atoms with Gasteiger partial charge in [0.25, 0.3) is 5.91 Å². The van der Waals surface area contributed by atoms with Crippen LogP contribution in [0.15, 0.2) is 24.3 Å². The number of amides is 1. The van der Waals surface area contributed by atoms with E-state index in [2.05, 4.69) is 22.5 Å². The standard InChI is InChI=1S/C15H20N2O/c1-3-4-5-10-16-11-12-17-15(18)14-8-6-13(2)7-9-14/h6-9,16H,5,10-12H2,1-2H3,(H,17,18). The lowest BCUT2D eigenvalue weighted by atomic mass is 10.1. The molecular weight excluding hydrogens is 224 g/mol. The number of benzene rings is 1. The number of hydrogen-bond donors (Lipinski definition) is 2. The number of aryl methyl sites for hydroxylation is 1. The van der Waals surface area contributed by atoms with E-state index in [4.69, 9.17) is 0 Å². The van der Waals surface area contributed by atoms with E-state index in [1.807, 2.05) is 38.1 Å². The van der Waals surface area contributed by atoms with Crippen LogP contribution in [-0.4, -0.2) is 25.5 Å². The molecule has 0 fully saturated rings. The maximum Gasteiger partial charge on any atom is 0.251 e. The molecule has 96 valence electrons. The van der Waals surface area contributed by atoms with Crippen molar-refractivity contribution in [3.05, 3.63) is 35.4 Å². The molecular formula is C15H20N2O. The Balaban J connectivity index is 2.17. The Labute approximate surface area is 109 Å². The molecule has 0 saturated carbocycles. The second-order valence-corrected chi connectivity index (χ2v) is 4.05. The zero-order valence-corrected chi connectivity index (χ0v) is 11.0. The first-order valence-corrected chi connectivity index (χ1v) is 6.19. The highest BCUT2D eigenvalue weighted by Crippen LogP contribution is 2.02. The zero-order valence-electron chi connectivity index (χ0n) is 11.0. The quantitative estimate of drug-likeness (QED) is 0.591. The Morgan fingerprint density at radius 2 is 1.89 bits per heavy atom. The topological polar surface area (TPSA) is 41.1 Å². The third-order valence-electron chi connectivity index (χ3n) is 2.50. The van der Waals surface area contributed by atoms with Gasteiger partial charge in [0.2, 0.25) is 0 Å². The van der Waals surface area contributed by atoms with E-state index in [1.165, 1.54) is 0 Å². The van der Waals surface area contributed by atoms with Crippen molar-refractivity contribution in [2.45, 2.75) is 20.3 Å². The minimum atomic E-state index is -0.0230. The van der Waals surface area contributed by atoms with Crippen molar-refractivity contribution in [2.75, 3.05) is 19.6 Å². The minimum Gasteiger partial charge on any atom is -0.351 e. The van der Waals surface area contributed by atoms with Gasteiger partial charge in [0, 0.05) is 31.6 Å². The number of rotatable bonds is 6. The van der Waals surface area contributed by atoms with E-state index in [1.54, 1.807) is 0 Å². The van der Waals surface area contributed by atoms with E-state index < -0.39 is 0 Å². The van der Waals surface area contributed by atoms with Gasteiger partial charge in [-0.15, -0.1) is 11.8 Å². The van der Waals surface area contributed by atoms with Crippen LogP contribution >= 0.6 is 0 Å². The summed E-state index contributed by atoms with van der Waals surface area (Å²) in [5, 5.41) is 6.09. The van der Waals surface area contributed by atoms with E-state index in [0.717, 1.165) is 25.1 Å². The molecule has 0 radical (unpaired) electrons. The van der Waals surface area contributed by atoms with E-state index >= 15 is 0 Å². The van der Waals surface area contributed by atoms with Gasteiger partial charge in [0.1, 0.15) is 0 Å². The summed E-state index contributed by atoms with van der Waals surface area (Å²) in [6.07, 6.45) is 0.850. The van der Waals surface area contributed by atoms with E-state index in [9.17, 15) is 4.79 Å². The fraction of sp³-hybridized carbons (Fsp3) is 0.400. The first-order chi connectivity index (χ1) is 8.74. The van der Waals surface area contributed by atoms with Crippen LogP contribution in [0, 0.1) is 18.8 Å². The Kier molecular flexibility index (Phi) is 6.60. The van der Waals surface area contributed by atoms with Gasteiger partial charge in [-0.25, -0.2) is 0 Å². The SMILES string of the molecule is CC#CCCNCCNC(=O)c1ccc(C)cc1. The van der Waals surface area contributed by atoms with Gasteiger partial charge in [0.15, 0.2) is 0 Å². The van der Waals surface area contributed by atoms with Crippen molar-refractivity contribution >= 4 is 5.91 Å². The van der Waals surface area contributed by atoms with Crippen LogP contribution in [0.2, 0.25) is 0 Å². The van der Waals surface area contributed by atoms with Crippen molar-refractivity contribution in [1.82, 2.24) is 10.6 Å². The summed E-state index contributed by atoms with van der Waals surface area (Å²) >= 11 is 0. The summed E-state index contributed by atoms with van der Waals surface area (Å²) in [6.45, 7) is 6.10. The molecule has 2 N–H and O–H groups in total. The lowest BCUT2D eigenvalue weighted by molar-refractivity contribution is 0.0954. The van der Waals surface area contributed by atoms with Crippen LogP contribution < -0.4 is 10.6 Å². The Hall–Kier alpha value is -1.79. The van der Waals surface area contributed by atoms with Gasteiger partial charge in [-0.2, -0.15) is 0 Å². The number of hydrogen-bond acceptors (Lipinski definition) is 2. The lowest BCUT2D eigenvalue weighted by Gasteiger charge is -2.06. The average molecular weight is 244 g/mol.